The number of thiazole rings is 1. The van der Waals surface area contributed by atoms with Crippen molar-refractivity contribution in [2.75, 3.05) is 32.1 Å². The number of methoxy groups -OCH3 is 1. The van der Waals surface area contributed by atoms with Gasteiger partial charge in [0.2, 0.25) is 0 Å². The number of hydrogen-bond donors (Lipinski definition) is 3. The molecule has 1 aromatic carbocycles. The summed E-state index contributed by atoms with van der Waals surface area (Å²) >= 11 is 1.73. The molecule has 0 radical (unpaired) electrons. The SMILES string of the molecule is CCNC(=NCc1ccc(NCCOC)cc1)NCc1sc(C)nc1C.I. The Labute approximate surface area is 183 Å². The van der Waals surface area contributed by atoms with Crippen molar-refractivity contribution in [3.05, 3.63) is 45.4 Å². The molecule has 0 saturated heterocycles. The van der Waals surface area contributed by atoms with Gasteiger partial charge in [-0.15, -0.1) is 35.3 Å². The summed E-state index contributed by atoms with van der Waals surface area (Å²) in [5.74, 6) is 0.820. The van der Waals surface area contributed by atoms with Crippen molar-refractivity contribution in [2.24, 2.45) is 4.99 Å². The highest BCUT2D eigenvalue weighted by atomic mass is 127. The normalized spacial score (nSPS) is 11.0. The standard InChI is InChI=1S/C19H29N5OS.HI/c1-5-20-19(23-13-18-14(2)24-15(3)26-18)22-12-16-6-8-17(9-7-16)21-10-11-25-4;/h6-9,21H,5,10-13H2,1-4H3,(H2,20,22,23);1H. The van der Waals surface area contributed by atoms with Crippen molar-refractivity contribution >= 4 is 47.0 Å². The van der Waals surface area contributed by atoms with Gasteiger partial charge in [-0.2, -0.15) is 0 Å². The minimum absolute atomic E-state index is 0. The maximum atomic E-state index is 5.04. The van der Waals surface area contributed by atoms with Gasteiger partial charge in [-0.3, -0.25) is 0 Å². The van der Waals surface area contributed by atoms with Gasteiger partial charge < -0.3 is 20.7 Å². The van der Waals surface area contributed by atoms with Crippen LogP contribution in [-0.2, 0) is 17.8 Å². The minimum atomic E-state index is 0. The summed E-state index contributed by atoms with van der Waals surface area (Å²) in [4.78, 5) is 10.4. The molecule has 1 aromatic heterocycles. The molecule has 0 aliphatic rings. The number of nitrogens with one attached hydrogen (secondary N) is 3. The van der Waals surface area contributed by atoms with E-state index in [-0.39, 0.29) is 24.0 Å². The second-order valence-electron chi connectivity index (χ2n) is 5.91. The van der Waals surface area contributed by atoms with Crippen LogP contribution in [0.1, 0.15) is 28.1 Å². The zero-order valence-electron chi connectivity index (χ0n) is 16.5. The smallest absolute Gasteiger partial charge is 0.191 e. The lowest BCUT2D eigenvalue weighted by Crippen LogP contribution is -2.36. The first-order chi connectivity index (χ1) is 12.6. The van der Waals surface area contributed by atoms with Crippen LogP contribution in [0.4, 0.5) is 5.69 Å². The molecule has 0 atom stereocenters. The van der Waals surface area contributed by atoms with E-state index in [0.29, 0.717) is 13.2 Å². The Kier molecular flexibility index (Phi) is 11.3. The van der Waals surface area contributed by atoms with E-state index in [9.17, 15) is 0 Å². The van der Waals surface area contributed by atoms with Crippen LogP contribution in [0.15, 0.2) is 29.3 Å². The lowest BCUT2D eigenvalue weighted by molar-refractivity contribution is 0.211. The number of aromatic nitrogens is 1. The lowest BCUT2D eigenvalue weighted by Gasteiger charge is -2.11. The molecular formula is C19H30IN5OS. The van der Waals surface area contributed by atoms with Crippen molar-refractivity contribution in [1.82, 2.24) is 15.6 Å². The molecule has 0 aliphatic heterocycles. The first-order valence-electron chi connectivity index (χ1n) is 8.89. The minimum Gasteiger partial charge on any atom is -0.383 e. The summed E-state index contributed by atoms with van der Waals surface area (Å²) in [5.41, 5.74) is 3.35. The van der Waals surface area contributed by atoms with Crippen molar-refractivity contribution < 1.29 is 4.74 Å². The summed E-state index contributed by atoms with van der Waals surface area (Å²) in [6, 6.07) is 8.34. The molecule has 0 spiro atoms. The van der Waals surface area contributed by atoms with Crippen LogP contribution < -0.4 is 16.0 Å². The first-order valence-corrected chi connectivity index (χ1v) is 9.70. The maximum Gasteiger partial charge on any atom is 0.191 e. The Morgan fingerprint density at radius 2 is 1.93 bits per heavy atom. The molecule has 1 heterocycles. The summed E-state index contributed by atoms with van der Waals surface area (Å²) < 4.78 is 5.04. The van der Waals surface area contributed by atoms with Gasteiger partial charge in [-0.1, -0.05) is 12.1 Å². The molecule has 6 nitrogen and oxygen atoms in total. The number of aryl methyl sites for hydroxylation is 2. The average molecular weight is 503 g/mol. The van der Waals surface area contributed by atoms with Gasteiger partial charge in [0, 0.05) is 30.8 Å². The number of hydrogen-bond acceptors (Lipinski definition) is 5. The van der Waals surface area contributed by atoms with Gasteiger partial charge in [-0.25, -0.2) is 9.98 Å². The number of ether oxygens (including phenoxy) is 1. The largest absolute Gasteiger partial charge is 0.383 e. The predicted molar refractivity (Wildman–Crippen MR) is 125 cm³/mol. The Morgan fingerprint density at radius 1 is 1.19 bits per heavy atom. The Bertz CT molecular complexity index is 703. The highest BCUT2D eigenvalue weighted by molar-refractivity contribution is 14.0. The molecule has 8 heteroatoms. The molecular weight excluding hydrogens is 473 g/mol. The van der Waals surface area contributed by atoms with Crippen LogP contribution in [0.2, 0.25) is 0 Å². The zero-order valence-corrected chi connectivity index (χ0v) is 19.6. The summed E-state index contributed by atoms with van der Waals surface area (Å²) in [6.45, 7) is 9.86. The molecule has 0 amide bonds. The van der Waals surface area contributed by atoms with Gasteiger partial charge in [-0.05, 0) is 38.5 Å². The van der Waals surface area contributed by atoms with E-state index in [0.717, 1.165) is 42.0 Å². The molecule has 27 heavy (non-hydrogen) atoms. The van der Waals surface area contributed by atoms with Crippen molar-refractivity contribution in [3.8, 4) is 0 Å². The molecule has 0 fully saturated rings. The monoisotopic (exact) mass is 503 g/mol. The Hall–Kier alpha value is -1.39. The summed E-state index contributed by atoms with van der Waals surface area (Å²) in [6.07, 6.45) is 0. The molecule has 0 unspecified atom stereocenters. The fourth-order valence-corrected chi connectivity index (χ4v) is 3.32. The molecule has 0 bridgehead atoms. The topological polar surface area (TPSA) is 70.6 Å². The average Bonchev–Trinajstić information content (AvgIpc) is 2.96. The molecule has 3 N–H and O–H groups in total. The van der Waals surface area contributed by atoms with Crippen molar-refractivity contribution in [2.45, 2.75) is 33.9 Å². The van der Waals surface area contributed by atoms with Crippen LogP contribution in [0, 0.1) is 13.8 Å². The van der Waals surface area contributed by atoms with E-state index in [1.54, 1.807) is 18.4 Å². The number of benzene rings is 1. The number of halogens is 1. The van der Waals surface area contributed by atoms with Crippen molar-refractivity contribution in [3.63, 3.8) is 0 Å². The Morgan fingerprint density at radius 3 is 2.52 bits per heavy atom. The zero-order chi connectivity index (χ0) is 18.8. The van der Waals surface area contributed by atoms with E-state index in [1.165, 1.54) is 10.4 Å². The predicted octanol–water partition coefficient (Wildman–Crippen LogP) is 3.69. The van der Waals surface area contributed by atoms with E-state index in [2.05, 4.69) is 57.1 Å². The van der Waals surface area contributed by atoms with E-state index < -0.39 is 0 Å². The second kappa shape index (κ2) is 12.9. The highest BCUT2D eigenvalue weighted by Crippen LogP contribution is 2.16. The van der Waals surface area contributed by atoms with Gasteiger partial charge in [0.25, 0.3) is 0 Å². The maximum absolute atomic E-state index is 5.04. The second-order valence-corrected chi connectivity index (χ2v) is 7.19. The number of nitrogens with zero attached hydrogens (tertiary/aromatic N) is 2. The van der Waals surface area contributed by atoms with Crippen LogP contribution in [-0.4, -0.2) is 37.7 Å². The molecule has 150 valence electrons. The van der Waals surface area contributed by atoms with E-state index in [1.807, 2.05) is 13.8 Å². The van der Waals surface area contributed by atoms with Crippen molar-refractivity contribution in [1.29, 1.82) is 0 Å². The highest BCUT2D eigenvalue weighted by Gasteiger charge is 2.05. The molecule has 2 rings (SSSR count). The Balaban J connectivity index is 0.00000364. The fraction of sp³-hybridized carbons (Fsp3) is 0.474. The molecule has 0 saturated carbocycles. The van der Waals surface area contributed by atoms with E-state index in [4.69, 9.17) is 4.74 Å². The van der Waals surface area contributed by atoms with Crippen LogP contribution in [0.5, 0.6) is 0 Å². The van der Waals surface area contributed by atoms with Gasteiger partial charge in [0.05, 0.1) is 30.4 Å². The number of anilines is 1. The quantitative estimate of drug-likeness (QED) is 0.211. The lowest BCUT2D eigenvalue weighted by atomic mass is 10.2. The van der Waals surface area contributed by atoms with Crippen LogP contribution in [0.3, 0.4) is 0 Å². The molecule has 0 aliphatic carbocycles. The summed E-state index contributed by atoms with van der Waals surface area (Å²) in [5, 5.41) is 11.1. The molecule has 2 aromatic rings. The summed E-state index contributed by atoms with van der Waals surface area (Å²) in [7, 11) is 1.70. The fourth-order valence-electron chi connectivity index (χ4n) is 2.44. The first kappa shape index (κ1) is 23.6. The third-order valence-corrected chi connectivity index (χ3v) is 4.84. The van der Waals surface area contributed by atoms with Crippen LogP contribution >= 0.6 is 35.3 Å². The number of aliphatic imine (C=N–C) groups is 1. The number of guanidine groups is 1. The van der Waals surface area contributed by atoms with Crippen LogP contribution in [0.25, 0.3) is 0 Å². The van der Waals surface area contributed by atoms with Gasteiger partial charge >= 0.3 is 0 Å². The van der Waals surface area contributed by atoms with Gasteiger partial charge in [0.15, 0.2) is 5.96 Å². The van der Waals surface area contributed by atoms with E-state index >= 15 is 0 Å². The van der Waals surface area contributed by atoms with Gasteiger partial charge in [0.1, 0.15) is 0 Å². The number of rotatable bonds is 9. The third-order valence-electron chi connectivity index (χ3n) is 3.77. The third kappa shape index (κ3) is 8.44.